The summed E-state index contributed by atoms with van der Waals surface area (Å²) >= 11 is 0. The number of pyridine rings is 1. The van der Waals surface area contributed by atoms with Crippen molar-refractivity contribution in [1.82, 2.24) is 4.98 Å². The molecule has 0 radical (unpaired) electrons. The fraction of sp³-hybridized carbons (Fsp3) is 0.462. The van der Waals surface area contributed by atoms with E-state index in [1.807, 2.05) is 0 Å². The second-order valence-corrected chi connectivity index (χ2v) is 4.13. The van der Waals surface area contributed by atoms with Crippen molar-refractivity contribution in [2.75, 3.05) is 5.32 Å². The predicted molar refractivity (Wildman–Crippen MR) is 68.6 cm³/mol. The standard InChI is InChI=1S/C13H18N2O3/c1-2-3-4-5-6-12(16)15-11-7-10(13(17)18)8-14-9-11/h7-9H,2-6H2,1H3,(H,15,16)(H,17,18). The molecule has 1 heterocycles. The summed E-state index contributed by atoms with van der Waals surface area (Å²) in [5, 5.41) is 11.4. The lowest BCUT2D eigenvalue weighted by Crippen LogP contribution is -2.12. The maximum atomic E-state index is 11.6. The molecule has 1 rings (SSSR count). The van der Waals surface area contributed by atoms with Crippen molar-refractivity contribution in [3.8, 4) is 0 Å². The van der Waals surface area contributed by atoms with Gasteiger partial charge in [0.15, 0.2) is 0 Å². The molecule has 2 N–H and O–H groups in total. The number of nitrogens with zero attached hydrogens (tertiary/aromatic N) is 1. The lowest BCUT2D eigenvalue weighted by Gasteiger charge is -2.05. The van der Waals surface area contributed by atoms with Crippen molar-refractivity contribution in [1.29, 1.82) is 0 Å². The van der Waals surface area contributed by atoms with E-state index >= 15 is 0 Å². The summed E-state index contributed by atoms with van der Waals surface area (Å²) in [7, 11) is 0. The van der Waals surface area contributed by atoms with Gasteiger partial charge in [-0.1, -0.05) is 26.2 Å². The number of amides is 1. The summed E-state index contributed by atoms with van der Waals surface area (Å²) < 4.78 is 0. The lowest BCUT2D eigenvalue weighted by molar-refractivity contribution is -0.116. The fourth-order valence-electron chi connectivity index (χ4n) is 1.56. The monoisotopic (exact) mass is 250 g/mol. The molecule has 1 amide bonds. The second-order valence-electron chi connectivity index (χ2n) is 4.13. The Hall–Kier alpha value is -1.91. The number of carbonyl (C=O) groups is 2. The van der Waals surface area contributed by atoms with Gasteiger partial charge < -0.3 is 10.4 Å². The Balaban J connectivity index is 2.44. The van der Waals surface area contributed by atoms with Crippen molar-refractivity contribution in [2.24, 2.45) is 0 Å². The number of carboxylic acid groups (broad SMARTS) is 1. The Labute approximate surface area is 106 Å². The van der Waals surface area contributed by atoms with E-state index in [0.717, 1.165) is 25.7 Å². The van der Waals surface area contributed by atoms with Gasteiger partial charge >= 0.3 is 5.97 Å². The Morgan fingerprint density at radius 1 is 1.28 bits per heavy atom. The van der Waals surface area contributed by atoms with E-state index in [1.54, 1.807) is 0 Å². The van der Waals surface area contributed by atoms with Gasteiger partial charge in [0.25, 0.3) is 0 Å². The maximum absolute atomic E-state index is 11.6. The van der Waals surface area contributed by atoms with Crippen molar-refractivity contribution in [3.05, 3.63) is 24.0 Å². The minimum absolute atomic E-state index is 0.0683. The zero-order chi connectivity index (χ0) is 13.4. The number of carbonyl (C=O) groups excluding carboxylic acids is 1. The molecule has 0 aliphatic heterocycles. The van der Waals surface area contributed by atoms with Crippen molar-refractivity contribution >= 4 is 17.6 Å². The average molecular weight is 250 g/mol. The molecule has 98 valence electrons. The molecule has 5 nitrogen and oxygen atoms in total. The first kappa shape index (κ1) is 14.2. The number of nitrogens with one attached hydrogen (secondary N) is 1. The van der Waals surface area contributed by atoms with E-state index in [0.29, 0.717) is 12.1 Å². The first-order chi connectivity index (χ1) is 8.63. The number of unbranched alkanes of at least 4 members (excludes halogenated alkanes) is 3. The van der Waals surface area contributed by atoms with E-state index in [1.165, 1.54) is 18.5 Å². The van der Waals surface area contributed by atoms with Gasteiger partial charge in [-0.15, -0.1) is 0 Å². The van der Waals surface area contributed by atoms with Crippen LogP contribution in [0.25, 0.3) is 0 Å². The summed E-state index contributed by atoms with van der Waals surface area (Å²) in [6.45, 7) is 2.11. The number of rotatable bonds is 7. The SMILES string of the molecule is CCCCCCC(=O)Nc1cncc(C(=O)O)c1. The minimum atomic E-state index is -1.05. The van der Waals surface area contributed by atoms with Crippen LogP contribution >= 0.6 is 0 Å². The first-order valence-corrected chi connectivity index (χ1v) is 6.11. The Bertz CT molecular complexity index is 418. The third-order valence-electron chi connectivity index (χ3n) is 2.53. The molecule has 0 aliphatic rings. The first-order valence-electron chi connectivity index (χ1n) is 6.11. The molecule has 0 bridgehead atoms. The van der Waals surface area contributed by atoms with Gasteiger partial charge in [-0.2, -0.15) is 0 Å². The van der Waals surface area contributed by atoms with Crippen LogP contribution in [0.3, 0.4) is 0 Å². The highest BCUT2D eigenvalue weighted by molar-refractivity contribution is 5.93. The van der Waals surface area contributed by atoms with Crippen LogP contribution in [0.15, 0.2) is 18.5 Å². The molecule has 1 aromatic rings. The van der Waals surface area contributed by atoms with Crippen molar-refractivity contribution < 1.29 is 14.7 Å². The molecule has 0 aliphatic carbocycles. The van der Waals surface area contributed by atoms with Gasteiger partial charge in [-0.05, 0) is 12.5 Å². The third kappa shape index (κ3) is 4.95. The highest BCUT2D eigenvalue weighted by atomic mass is 16.4. The van der Waals surface area contributed by atoms with Gasteiger partial charge in [0.2, 0.25) is 5.91 Å². The van der Waals surface area contributed by atoms with Crippen LogP contribution in [0.2, 0.25) is 0 Å². The Morgan fingerprint density at radius 2 is 2.06 bits per heavy atom. The number of hydrogen-bond donors (Lipinski definition) is 2. The molecular weight excluding hydrogens is 232 g/mol. The molecular formula is C13H18N2O3. The largest absolute Gasteiger partial charge is 0.478 e. The van der Waals surface area contributed by atoms with Crippen LogP contribution < -0.4 is 5.32 Å². The number of carboxylic acids is 1. The zero-order valence-electron chi connectivity index (χ0n) is 10.5. The quantitative estimate of drug-likeness (QED) is 0.729. The fourth-order valence-corrected chi connectivity index (χ4v) is 1.56. The second kappa shape index (κ2) is 7.42. The van der Waals surface area contributed by atoms with Gasteiger partial charge in [0.1, 0.15) is 0 Å². The van der Waals surface area contributed by atoms with Crippen LogP contribution in [-0.2, 0) is 4.79 Å². The van der Waals surface area contributed by atoms with Gasteiger partial charge in [0, 0.05) is 12.6 Å². The highest BCUT2D eigenvalue weighted by Crippen LogP contribution is 2.10. The van der Waals surface area contributed by atoms with E-state index in [9.17, 15) is 9.59 Å². The topological polar surface area (TPSA) is 79.3 Å². The van der Waals surface area contributed by atoms with Gasteiger partial charge in [-0.3, -0.25) is 9.78 Å². The van der Waals surface area contributed by atoms with Crippen LogP contribution in [0.4, 0.5) is 5.69 Å². The van der Waals surface area contributed by atoms with Crippen molar-refractivity contribution in [3.63, 3.8) is 0 Å². The summed E-state index contributed by atoms with van der Waals surface area (Å²) in [5.74, 6) is -1.16. The van der Waals surface area contributed by atoms with E-state index in [-0.39, 0.29) is 11.5 Å². The number of anilines is 1. The minimum Gasteiger partial charge on any atom is -0.478 e. The number of hydrogen-bond acceptors (Lipinski definition) is 3. The summed E-state index contributed by atoms with van der Waals surface area (Å²) in [5.41, 5.74) is 0.495. The molecule has 18 heavy (non-hydrogen) atoms. The molecule has 0 atom stereocenters. The average Bonchev–Trinajstić information content (AvgIpc) is 2.35. The zero-order valence-corrected chi connectivity index (χ0v) is 10.5. The number of aromatic carboxylic acids is 1. The molecule has 0 aromatic carbocycles. The summed E-state index contributed by atoms with van der Waals surface area (Å²) in [4.78, 5) is 26.1. The molecule has 1 aromatic heterocycles. The third-order valence-corrected chi connectivity index (χ3v) is 2.53. The van der Waals surface area contributed by atoms with Crippen molar-refractivity contribution in [2.45, 2.75) is 39.0 Å². The summed E-state index contributed by atoms with van der Waals surface area (Å²) in [6.07, 6.45) is 7.30. The van der Waals surface area contributed by atoms with Crippen LogP contribution in [0, 0.1) is 0 Å². The molecule has 0 saturated heterocycles. The highest BCUT2D eigenvalue weighted by Gasteiger charge is 2.06. The van der Waals surface area contributed by atoms with Gasteiger partial charge in [-0.25, -0.2) is 4.79 Å². The Kier molecular flexibility index (Phi) is 5.84. The Morgan fingerprint density at radius 3 is 2.72 bits per heavy atom. The van der Waals surface area contributed by atoms with Crippen LogP contribution in [0.1, 0.15) is 49.4 Å². The van der Waals surface area contributed by atoms with E-state index < -0.39 is 5.97 Å². The molecule has 0 spiro atoms. The normalized spacial score (nSPS) is 10.1. The maximum Gasteiger partial charge on any atom is 0.337 e. The lowest BCUT2D eigenvalue weighted by atomic mass is 10.1. The van der Waals surface area contributed by atoms with Crippen LogP contribution in [-0.4, -0.2) is 22.0 Å². The smallest absolute Gasteiger partial charge is 0.337 e. The van der Waals surface area contributed by atoms with E-state index in [4.69, 9.17) is 5.11 Å². The number of aromatic nitrogens is 1. The molecule has 5 heteroatoms. The molecule has 0 fully saturated rings. The van der Waals surface area contributed by atoms with E-state index in [2.05, 4.69) is 17.2 Å². The molecule has 0 saturated carbocycles. The molecule has 0 unspecified atom stereocenters. The summed E-state index contributed by atoms with van der Waals surface area (Å²) in [6, 6.07) is 1.40. The van der Waals surface area contributed by atoms with Gasteiger partial charge in [0.05, 0.1) is 17.4 Å². The predicted octanol–water partition coefficient (Wildman–Crippen LogP) is 2.69. The van der Waals surface area contributed by atoms with Crippen LogP contribution in [0.5, 0.6) is 0 Å².